The maximum atomic E-state index is 15.0. The highest BCUT2D eigenvalue weighted by Gasteiger charge is 2.70. The third-order valence-electron chi connectivity index (χ3n) is 8.53. The molecule has 1 fully saturated rings. The molecule has 3 aliphatic rings. The molecule has 3 aromatic carbocycles. The van der Waals surface area contributed by atoms with Crippen LogP contribution in [-0.2, 0) is 10.2 Å². The summed E-state index contributed by atoms with van der Waals surface area (Å²) in [7, 11) is 3.02. The van der Waals surface area contributed by atoms with E-state index in [0.29, 0.717) is 27.6 Å². The minimum absolute atomic E-state index is 0.204. The number of anilines is 2. The average Bonchev–Trinajstić information content (AvgIpc) is 3.73. The number of thiophene rings is 1. The van der Waals surface area contributed by atoms with Crippen LogP contribution in [-0.4, -0.2) is 43.8 Å². The predicted octanol–water partition coefficient (Wildman–Crippen LogP) is 5.62. The number of fused-ring (bicyclic) bond motifs is 6. The van der Waals surface area contributed by atoms with Gasteiger partial charge >= 0.3 is 0 Å². The zero-order chi connectivity index (χ0) is 28.3. The molecular weight excluding hydrogens is 536 g/mol. The summed E-state index contributed by atoms with van der Waals surface area (Å²) in [5, 5.41) is 4.90. The SMILES string of the molecule is COc1ccc(OC)c(C(=O)[C@H]2[C@@H](C(=O)c3cccs3)N3c4ccccc4C=C[C@@H]3[C@]23C(=O)Nc2ccccc23)c1. The fourth-order valence-corrected chi connectivity index (χ4v) is 7.56. The van der Waals surface area contributed by atoms with Crippen molar-refractivity contribution in [3.05, 3.63) is 112 Å². The van der Waals surface area contributed by atoms with E-state index < -0.39 is 23.4 Å². The van der Waals surface area contributed by atoms with Crippen molar-refractivity contribution in [3.63, 3.8) is 0 Å². The van der Waals surface area contributed by atoms with Crippen molar-refractivity contribution >= 4 is 46.3 Å². The number of para-hydroxylation sites is 2. The second-order valence-corrected chi connectivity index (χ2v) is 11.3. The van der Waals surface area contributed by atoms with Gasteiger partial charge in [0.2, 0.25) is 5.91 Å². The summed E-state index contributed by atoms with van der Waals surface area (Å²) >= 11 is 1.33. The van der Waals surface area contributed by atoms with Crippen LogP contribution in [0.4, 0.5) is 11.4 Å². The van der Waals surface area contributed by atoms with Crippen LogP contribution in [0.2, 0.25) is 0 Å². The molecular formula is C33H26N2O5S. The van der Waals surface area contributed by atoms with Crippen LogP contribution in [0.3, 0.4) is 0 Å². The fourth-order valence-electron chi connectivity index (χ4n) is 6.86. The number of methoxy groups -OCH3 is 2. The molecule has 8 heteroatoms. The van der Waals surface area contributed by atoms with Gasteiger partial charge in [-0.05, 0) is 52.9 Å². The molecule has 1 amide bonds. The molecule has 4 atom stereocenters. The van der Waals surface area contributed by atoms with Gasteiger partial charge in [-0.15, -0.1) is 11.3 Å². The Kier molecular flexibility index (Phi) is 5.83. The Morgan fingerprint density at radius 1 is 0.927 bits per heavy atom. The first kappa shape index (κ1) is 25.3. The first-order chi connectivity index (χ1) is 20.0. The first-order valence-electron chi connectivity index (χ1n) is 13.3. The van der Waals surface area contributed by atoms with Crippen LogP contribution in [0, 0.1) is 5.92 Å². The van der Waals surface area contributed by atoms with Crippen LogP contribution in [0.1, 0.15) is 31.2 Å². The van der Waals surface area contributed by atoms with E-state index >= 15 is 4.79 Å². The standard InChI is InChI=1S/C33H26N2O5S/c1-39-20-14-15-25(40-2)21(18-20)30(36)28-29(31(37)26-12-7-17-41-26)35-24-11-6-3-8-19(24)13-16-27(35)33(28)22-9-4-5-10-23(22)34-32(33)38/h3-18,27-29H,1-2H3,(H,34,38)/t27-,28-,29+,33+/m1/s1. The molecule has 0 unspecified atom stereocenters. The molecule has 7 nitrogen and oxygen atoms in total. The highest BCUT2D eigenvalue weighted by Crippen LogP contribution is 2.58. The van der Waals surface area contributed by atoms with E-state index in [9.17, 15) is 9.59 Å². The van der Waals surface area contributed by atoms with Crippen molar-refractivity contribution in [2.75, 3.05) is 24.4 Å². The van der Waals surface area contributed by atoms with Gasteiger partial charge in [-0.1, -0.05) is 54.6 Å². The van der Waals surface area contributed by atoms with Crippen LogP contribution < -0.4 is 19.7 Å². The van der Waals surface area contributed by atoms with Gasteiger partial charge in [-0.2, -0.15) is 0 Å². The summed E-state index contributed by atoms with van der Waals surface area (Å²) in [6, 6.07) is 22.3. The maximum Gasteiger partial charge on any atom is 0.238 e. The van der Waals surface area contributed by atoms with Gasteiger partial charge in [0.05, 0.1) is 36.6 Å². The summed E-state index contributed by atoms with van der Waals surface area (Å²) in [6.45, 7) is 0. The molecule has 1 spiro atoms. The summed E-state index contributed by atoms with van der Waals surface area (Å²) < 4.78 is 11.1. The zero-order valence-electron chi connectivity index (χ0n) is 22.4. The Hall–Kier alpha value is -4.69. The summed E-state index contributed by atoms with van der Waals surface area (Å²) in [6.07, 6.45) is 3.95. The number of nitrogens with one attached hydrogen (secondary N) is 1. The molecule has 0 bridgehead atoms. The number of carbonyl (C=O) groups is 3. The number of benzene rings is 3. The lowest BCUT2D eigenvalue weighted by Crippen LogP contribution is -2.51. The number of hydrogen-bond donors (Lipinski definition) is 1. The number of amides is 1. The van der Waals surface area contributed by atoms with E-state index in [1.165, 1.54) is 25.6 Å². The highest BCUT2D eigenvalue weighted by molar-refractivity contribution is 7.12. The zero-order valence-corrected chi connectivity index (χ0v) is 23.2. The fraction of sp³-hybridized carbons (Fsp3) is 0.182. The Labute approximate surface area is 241 Å². The number of nitrogens with zero attached hydrogens (tertiary/aromatic N) is 1. The normalized spacial score (nSPS) is 23.5. The molecule has 1 N–H and O–H groups in total. The molecule has 0 saturated carbocycles. The third kappa shape index (κ3) is 3.47. The average molecular weight is 563 g/mol. The van der Waals surface area contributed by atoms with E-state index in [1.807, 2.05) is 77.0 Å². The molecule has 0 aliphatic carbocycles. The van der Waals surface area contributed by atoms with Crippen LogP contribution >= 0.6 is 11.3 Å². The number of Topliss-reactive ketones (excluding diaryl/α,β-unsaturated/α-hetero) is 2. The molecule has 1 aromatic heterocycles. The number of ether oxygens (including phenoxy) is 2. The van der Waals surface area contributed by atoms with Crippen LogP contribution in [0.25, 0.3) is 6.08 Å². The molecule has 3 aliphatic heterocycles. The van der Waals surface area contributed by atoms with Gasteiger partial charge in [-0.25, -0.2) is 0 Å². The molecule has 7 rings (SSSR count). The van der Waals surface area contributed by atoms with Crippen molar-refractivity contribution in [1.82, 2.24) is 0 Å². The van der Waals surface area contributed by atoms with Gasteiger partial charge in [0.1, 0.15) is 23.0 Å². The Balaban J connectivity index is 1.55. The second kappa shape index (κ2) is 9.45. The Morgan fingerprint density at radius 2 is 1.73 bits per heavy atom. The van der Waals surface area contributed by atoms with Crippen LogP contribution in [0.15, 0.2) is 90.3 Å². The van der Waals surface area contributed by atoms with Gasteiger partial charge in [0.15, 0.2) is 11.6 Å². The summed E-state index contributed by atoms with van der Waals surface area (Å²) in [5.41, 5.74) is 1.94. The first-order valence-corrected chi connectivity index (χ1v) is 14.2. The quantitative estimate of drug-likeness (QED) is 0.307. The van der Waals surface area contributed by atoms with Gasteiger partial charge in [0, 0.05) is 11.4 Å². The van der Waals surface area contributed by atoms with E-state index in [2.05, 4.69) is 5.32 Å². The van der Waals surface area contributed by atoms with Crippen molar-refractivity contribution in [2.24, 2.45) is 5.92 Å². The van der Waals surface area contributed by atoms with Gasteiger partial charge in [-0.3, -0.25) is 14.4 Å². The third-order valence-corrected chi connectivity index (χ3v) is 9.41. The largest absolute Gasteiger partial charge is 0.497 e. The lowest BCUT2D eigenvalue weighted by atomic mass is 9.64. The molecule has 1 saturated heterocycles. The van der Waals surface area contributed by atoms with Crippen molar-refractivity contribution < 1.29 is 23.9 Å². The minimum atomic E-state index is -1.39. The Bertz CT molecular complexity index is 1750. The van der Waals surface area contributed by atoms with Crippen LogP contribution in [0.5, 0.6) is 11.5 Å². The predicted molar refractivity (Wildman–Crippen MR) is 158 cm³/mol. The van der Waals surface area contributed by atoms with Gasteiger partial charge in [0.25, 0.3) is 0 Å². The molecule has 41 heavy (non-hydrogen) atoms. The number of ketones is 2. The molecule has 4 heterocycles. The molecule has 204 valence electrons. The monoisotopic (exact) mass is 562 g/mol. The summed E-state index contributed by atoms with van der Waals surface area (Å²) in [5.74, 6) is -1.13. The van der Waals surface area contributed by atoms with Crippen molar-refractivity contribution in [1.29, 1.82) is 0 Å². The smallest absolute Gasteiger partial charge is 0.238 e. The molecule has 4 aromatic rings. The maximum absolute atomic E-state index is 15.0. The van der Waals surface area contributed by atoms with Gasteiger partial charge < -0.3 is 19.7 Å². The van der Waals surface area contributed by atoms with E-state index in [1.54, 1.807) is 24.3 Å². The Morgan fingerprint density at radius 3 is 2.51 bits per heavy atom. The lowest BCUT2D eigenvalue weighted by Gasteiger charge is -2.37. The number of hydrogen-bond acceptors (Lipinski definition) is 7. The number of carbonyl (C=O) groups excluding carboxylic acids is 3. The number of rotatable bonds is 6. The van der Waals surface area contributed by atoms with Crippen molar-refractivity contribution in [2.45, 2.75) is 17.5 Å². The topological polar surface area (TPSA) is 84.9 Å². The second-order valence-electron chi connectivity index (χ2n) is 10.3. The summed E-state index contributed by atoms with van der Waals surface area (Å²) in [4.78, 5) is 46.5. The lowest BCUT2D eigenvalue weighted by molar-refractivity contribution is -0.121. The van der Waals surface area contributed by atoms with E-state index in [4.69, 9.17) is 9.47 Å². The highest BCUT2D eigenvalue weighted by atomic mass is 32.1. The minimum Gasteiger partial charge on any atom is -0.497 e. The van der Waals surface area contributed by atoms with E-state index in [-0.39, 0.29) is 23.0 Å². The molecule has 0 radical (unpaired) electrons. The van der Waals surface area contributed by atoms with Crippen molar-refractivity contribution in [3.8, 4) is 11.5 Å². The van der Waals surface area contributed by atoms with E-state index in [0.717, 1.165) is 11.3 Å².